The van der Waals surface area contributed by atoms with Crippen molar-refractivity contribution < 1.29 is 10.0 Å². The van der Waals surface area contributed by atoms with Crippen LogP contribution in [-0.4, -0.2) is 16.8 Å². The van der Waals surface area contributed by atoms with Crippen LogP contribution in [0.1, 0.15) is 30.2 Å². The fourth-order valence-corrected chi connectivity index (χ4v) is 2.92. The Morgan fingerprint density at radius 3 is 3.07 bits per heavy atom. The highest BCUT2D eigenvalue weighted by Gasteiger charge is 2.19. The van der Waals surface area contributed by atoms with Crippen molar-refractivity contribution in [1.82, 2.24) is 0 Å². The fraction of sp³-hybridized carbons (Fsp3) is 0.400. The molecule has 80 valence electrons. The van der Waals surface area contributed by atoms with Crippen LogP contribution in [0.15, 0.2) is 11.2 Å². The number of oxime groups is 1. The molecule has 1 aliphatic carbocycles. The van der Waals surface area contributed by atoms with Gasteiger partial charge < -0.3 is 10.5 Å². The van der Waals surface area contributed by atoms with Gasteiger partial charge >= 0.3 is 0 Å². The molecule has 0 aliphatic heterocycles. The van der Waals surface area contributed by atoms with E-state index in [1.807, 2.05) is 6.07 Å². The van der Waals surface area contributed by atoms with E-state index in [0.717, 1.165) is 35.5 Å². The number of hydrogen-bond donors (Lipinski definition) is 2. The maximum Gasteiger partial charge on any atom is 0.221 e. The summed E-state index contributed by atoms with van der Waals surface area (Å²) < 4.78 is 0. The topological polar surface area (TPSA) is 61.7 Å². The number of thiophene rings is 1. The summed E-state index contributed by atoms with van der Waals surface area (Å²) in [6.07, 6.45) is 2.81. The van der Waals surface area contributed by atoms with E-state index in [1.165, 1.54) is 11.8 Å². The highest BCUT2D eigenvalue weighted by Crippen LogP contribution is 2.33. The van der Waals surface area contributed by atoms with Gasteiger partial charge in [-0.25, -0.2) is 0 Å². The van der Waals surface area contributed by atoms with Crippen LogP contribution in [-0.2, 0) is 11.2 Å². The van der Waals surface area contributed by atoms with Gasteiger partial charge in [-0.15, -0.1) is 11.3 Å². The van der Waals surface area contributed by atoms with Gasteiger partial charge in [-0.2, -0.15) is 0 Å². The average Bonchev–Trinajstić information content (AvgIpc) is 2.58. The van der Waals surface area contributed by atoms with Crippen LogP contribution >= 0.6 is 11.3 Å². The van der Waals surface area contributed by atoms with E-state index >= 15 is 0 Å². The molecule has 1 aromatic rings. The summed E-state index contributed by atoms with van der Waals surface area (Å²) in [6, 6.07) is 1.88. The summed E-state index contributed by atoms with van der Waals surface area (Å²) in [4.78, 5) is 12.1. The normalized spacial score (nSPS) is 17.5. The van der Waals surface area contributed by atoms with Crippen molar-refractivity contribution >= 4 is 28.0 Å². The summed E-state index contributed by atoms with van der Waals surface area (Å²) in [7, 11) is 0. The first-order valence-corrected chi connectivity index (χ1v) is 5.64. The molecule has 1 aliphatic rings. The largest absolute Gasteiger partial charge is 0.411 e. The minimum absolute atomic E-state index is 0.0731. The van der Waals surface area contributed by atoms with Crippen LogP contribution in [0.25, 0.3) is 0 Å². The number of fused-ring (bicyclic) bond motifs is 1. The molecule has 1 heterocycles. The monoisotopic (exact) mass is 224 g/mol. The average molecular weight is 224 g/mol. The predicted octanol–water partition coefficient (Wildman–Crippen LogP) is 2.22. The van der Waals surface area contributed by atoms with Crippen molar-refractivity contribution in [2.45, 2.75) is 26.2 Å². The van der Waals surface area contributed by atoms with Crippen molar-refractivity contribution in [2.24, 2.45) is 5.16 Å². The minimum Gasteiger partial charge on any atom is -0.411 e. The van der Waals surface area contributed by atoms with Gasteiger partial charge in [0.1, 0.15) is 0 Å². The SMILES string of the molecule is CC(=O)Nc1cc2c(s1)CCC/C2=N/O. The molecule has 0 bridgehead atoms. The quantitative estimate of drug-likeness (QED) is 0.567. The number of rotatable bonds is 1. The number of nitrogens with zero attached hydrogens (tertiary/aromatic N) is 1. The van der Waals surface area contributed by atoms with Gasteiger partial charge in [-0.1, -0.05) is 5.16 Å². The Kier molecular flexibility index (Phi) is 2.73. The summed E-state index contributed by atoms with van der Waals surface area (Å²) in [5.41, 5.74) is 1.71. The lowest BCUT2D eigenvalue weighted by Crippen LogP contribution is -2.08. The smallest absolute Gasteiger partial charge is 0.221 e. The molecule has 0 fully saturated rings. The minimum atomic E-state index is -0.0731. The van der Waals surface area contributed by atoms with Gasteiger partial charge in [0.2, 0.25) is 5.91 Å². The van der Waals surface area contributed by atoms with Gasteiger partial charge in [0.25, 0.3) is 0 Å². The summed E-state index contributed by atoms with van der Waals surface area (Å²) in [6.45, 7) is 1.49. The molecule has 1 amide bonds. The Morgan fingerprint density at radius 2 is 2.40 bits per heavy atom. The molecule has 0 spiro atoms. The molecular weight excluding hydrogens is 212 g/mol. The predicted molar refractivity (Wildman–Crippen MR) is 59.9 cm³/mol. The molecule has 0 radical (unpaired) electrons. The number of nitrogens with one attached hydrogen (secondary N) is 1. The van der Waals surface area contributed by atoms with E-state index in [2.05, 4.69) is 10.5 Å². The molecule has 4 nitrogen and oxygen atoms in total. The van der Waals surface area contributed by atoms with E-state index < -0.39 is 0 Å². The Hall–Kier alpha value is -1.36. The van der Waals surface area contributed by atoms with Crippen LogP contribution < -0.4 is 5.32 Å². The lowest BCUT2D eigenvalue weighted by molar-refractivity contribution is -0.114. The second kappa shape index (κ2) is 4.02. The van der Waals surface area contributed by atoms with Crippen LogP contribution in [0, 0.1) is 0 Å². The third kappa shape index (κ3) is 2.02. The zero-order chi connectivity index (χ0) is 10.8. The Morgan fingerprint density at radius 1 is 1.60 bits per heavy atom. The van der Waals surface area contributed by atoms with Crippen LogP contribution in [0.3, 0.4) is 0 Å². The Bertz CT molecular complexity index is 423. The van der Waals surface area contributed by atoms with E-state index in [-0.39, 0.29) is 5.91 Å². The molecule has 0 saturated heterocycles. The second-order valence-corrected chi connectivity index (χ2v) is 4.67. The van der Waals surface area contributed by atoms with Gasteiger partial charge in [-0.3, -0.25) is 4.79 Å². The van der Waals surface area contributed by atoms with Crippen molar-refractivity contribution in [2.75, 3.05) is 5.32 Å². The van der Waals surface area contributed by atoms with Crippen LogP contribution in [0.2, 0.25) is 0 Å². The third-order valence-corrected chi connectivity index (χ3v) is 3.47. The number of anilines is 1. The molecule has 0 aromatic carbocycles. The van der Waals surface area contributed by atoms with Crippen molar-refractivity contribution in [3.63, 3.8) is 0 Å². The van der Waals surface area contributed by atoms with Crippen molar-refractivity contribution in [1.29, 1.82) is 0 Å². The summed E-state index contributed by atoms with van der Waals surface area (Å²) >= 11 is 1.56. The molecule has 2 N–H and O–H groups in total. The van der Waals surface area contributed by atoms with E-state index in [1.54, 1.807) is 11.3 Å². The molecule has 0 saturated carbocycles. The number of carbonyl (C=O) groups is 1. The molecule has 2 rings (SSSR count). The first kappa shape index (κ1) is 10.2. The van der Waals surface area contributed by atoms with Crippen molar-refractivity contribution in [3.8, 4) is 0 Å². The molecular formula is C10H12N2O2S. The molecule has 0 unspecified atom stereocenters. The van der Waals surface area contributed by atoms with E-state index in [4.69, 9.17) is 5.21 Å². The van der Waals surface area contributed by atoms with Gasteiger partial charge in [-0.05, 0) is 25.3 Å². The van der Waals surface area contributed by atoms with Crippen LogP contribution in [0.4, 0.5) is 5.00 Å². The molecule has 15 heavy (non-hydrogen) atoms. The highest BCUT2D eigenvalue weighted by atomic mass is 32.1. The van der Waals surface area contributed by atoms with Crippen molar-refractivity contribution in [3.05, 3.63) is 16.5 Å². The maximum atomic E-state index is 10.9. The number of amides is 1. The van der Waals surface area contributed by atoms with Gasteiger partial charge in [0.15, 0.2) is 0 Å². The van der Waals surface area contributed by atoms with Gasteiger partial charge in [0.05, 0.1) is 10.7 Å². The summed E-state index contributed by atoms with van der Waals surface area (Å²) in [5, 5.41) is 15.7. The number of hydrogen-bond acceptors (Lipinski definition) is 4. The molecule has 5 heteroatoms. The Labute approximate surface area is 91.6 Å². The third-order valence-electron chi connectivity index (χ3n) is 2.36. The lowest BCUT2D eigenvalue weighted by Gasteiger charge is -2.10. The maximum absolute atomic E-state index is 10.9. The lowest BCUT2D eigenvalue weighted by atomic mass is 9.97. The van der Waals surface area contributed by atoms with E-state index in [0.29, 0.717) is 0 Å². The number of carbonyl (C=O) groups excluding carboxylic acids is 1. The zero-order valence-electron chi connectivity index (χ0n) is 8.41. The fourth-order valence-electron chi connectivity index (χ4n) is 1.75. The summed E-state index contributed by atoms with van der Waals surface area (Å²) in [5.74, 6) is -0.0731. The standard InChI is InChI=1S/C10H12N2O2S/c1-6(13)11-10-5-7-8(12-14)3-2-4-9(7)15-10/h5,14H,2-4H2,1H3,(H,11,13)/b12-8-. The van der Waals surface area contributed by atoms with Gasteiger partial charge in [0, 0.05) is 17.4 Å². The molecule has 0 atom stereocenters. The highest BCUT2D eigenvalue weighted by molar-refractivity contribution is 7.16. The first-order valence-electron chi connectivity index (χ1n) is 4.82. The molecule has 1 aromatic heterocycles. The first-order chi connectivity index (χ1) is 7.20. The van der Waals surface area contributed by atoms with E-state index in [9.17, 15) is 4.79 Å². The van der Waals surface area contributed by atoms with Crippen LogP contribution in [0.5, 0.6) is 0 Å². The zero-order valence-corrected chi connectivity index (χ0v) is 9.23. The second-order valence-electron chi connectivity index (χ2n) is 3.53. The Balaban J connectivity index is 2.33. The number of aryl methyl sites for hydroxylation is 1.